The predicted molar refractivity (Wildman–Crippen MR) is 297 cm³/mol. The van der Waals surface area contributed by atoms with Gasteiger partial charge in [-0.05, 0) is 109 Å². The summed E-state index contributed by atoms with van der Waals surface area (Å²) in [6.07, 6.45) is 64.8. The molecule has 0 aromatic heterocycles. The SMILES string of the molecule is CC/C=C\C/C=C\C/C=C\C/C=C\C/C=C\CC(=O)OCC(COP(=O)(O)OCC(CO)OC(=O)CCCCC/C=C\C/C=C\C/C=C\CC)OC(=O)CCCCCCCCC/C=C\C/C=C\CCCCC. The minimum Gasteiger partial charge on any atom is -0.461 e. The predicted octanol–water partition coefficient (Wildman–Crippen LogP) is 16.0. The van der Waals surface area contributed by atoms with Crippen LogP contribution in [0.25, 0.3) is 0 Å². The number of phosphoric acid groups is 1. The molecule has 0 fully saturated rings. The van der Waals surface area contributed by atoms with E-state index in [0.29, 0.717) is 19.3 Å². The van der Waals surface area contributed by atoms with E-state index in [4.69, 9.17) is 23.3 Å². The fraction of sp³-hybridized carbons (Fsp3) is 0.617. The van der Waals surface area contributed by atoms with E-state index < -0.39 is 64.4 Å². The number of carbonyl (C=O) groups is 3. The number of ether oxygens (including phenoxy) is 3. The van der Waals surface area contributed by atoms with Crippen LogP contribution in [-0.4, -0.2) is 66.5 Å². The number of esters is 3. The fourth-order valence-corrected chi connectivity index (χ4v) is 7.55. The molecule has 0 rings (SSSR count). The van der Waals surface area contributed by atoms with Crippen LogP contribution in [0.5, 0.6) is 0 Å². The largest absolute Gasteiger partial charge is 0.472 e. The van der Waals surface area contributed by atoms with Crippen LogP contribution < -0.4 is 0 Å². The summed E-state index contributed by atoms with van der Waals surface area (Å²) in [5.74, 6) is -1.67. The Hall–Kier alpha value is -4.12. The molecule has 0 heterocycles. The van der Waals surface area contributed by atoms with Crippen molar-refractivity contribution in [2.75, 3.05) is 26.4 Å². The Morgan fingerprint density at radius 1 is 0.417 bits per heavy atom. The second-order valence-electron chi connectivity index (χ2n) is 17.6. The summed E-state index contributed by atoms with van der Waals surface area (Å²) in [6.45, 7) is 4.21. The highest BCUT2D eigenvalue weighted by Gasteiger charge is 2.28. The Kier molecular flexibility index (Phi) is 50.1. The number of allylic oxidation sites excluding steroid dienone is 19. The van der Waals surface area contributed by atoms with E-state index >= 15 is 0 Å². The Morgan fingerprint density at radius 3 is 1.19 bits per heavy atom. The number of aliphatic hydroxyl groups is 1. The lowest BCUT2D eigenvalue weighted by Crippen LogP contribution is -2.30. The number of phosphoric ester groups is 1. The highest BCUT2D eigenvalue weighted by molar-refractivity contribution is 7.47. The summed E-state index contributed by atoms with van der Waals surface area (Å²) < 4.78 is 39.3. The molecule has 0 aromatic carbocycles. The van der Waals surface area contributed by atoms with Gasteiger partial charge in [-0.25, -0.2) is 4.57 Å². The van der Waals surface area contributed by atoms with E-state index in [-0.39, 0.29) is 19.3 Å². The number of unbranched alkanes of at least 4 members (excludes halogenated alkanes) is 13. The summed E-state index contributed by atoms with van der Waals surface area (Å²) in [5, 5.41) is 9.78. The van der Waals surface area contributed by atoms with Crippen LogP contribution >= 0.6 is 7.82 Å². The summed E-state index contributed by atoms with van der Waals surface area (Å²) in [5.41, 5.74) is 0. The maximum absolute atomic E-state index is 12.9. The quantitative estimate of drug-likeness (QED) is 0.0197. The van der Waals surface area contributed by atoms with E-state index in [1.807, 2.05) is 12.2 Å². The molecular formula is C60H97O11P. The lowest BCUT2D eigenvalue weighted by molar-refractivity contribution is -0.161. The van der Waals surface area contributed by atoms with Gasteiger partial charge in [0.15, 0.2) is 6.10 Å². The average molecular weight is 1030 g/mol. The highest BCUT2D eigenvalue weighted by atomic mass is 31.2. The normalized spacial score (nSPS) is 14.3. The van der Waals surface area contributed by atoms with Crippen molar-refractivity contribution in [2.24, 2.45) is 0 Å². The molecule has 3 unspecified atom stereocenters. The maximum Gasteiger partial charge on any atom is 0.472 e. The van der Waals surface area contributed by atoms with E-state index in [1.165, 1.54) is 32.1 Å². The zero-order valence-electron chi connectivity index (χ0n) is 44.8. The number of hydrogen-bond acceptors (Lipinski definition) is 10. The van der Waals surface area contributed by atoms with Crippen molar-refractivity contribution < 1.29 is 52.2 Å². The molecule has 0 amide bonds. The molecule has 0 aliphatic carbocycles. The zero-order valence-corrected chi connectivity index (χ0v) is 45.7. The summed E-state index contributed by atoms with van der Waals surface area (Å²) in [4.78, 5) is 48.4. The second-order valence-corrected chi connectivity index (χ2v) is 19.1. The van der Waals surface area contributed by atoms with Gasteiger partial charge in [0, 0.05) is 12.8 Å². The van der Waals surface area contributed by atoms with Gasteiger partial charge in [0.1, 0.15) is 12.7 Å². The summed E-state index contributed by atoms with van der Waals surface area (Å²) in [6, 6.07) is 0. The van der Waals surface area contributed by atoms with Crippen LogP contribution in [0, 0.1) is 0 Å². The van der Waals surface area contributed by atoms with Crippen molar-refractivity contribution in [1.82, 2.24) is 0 Å². The van der Waals surface area contributed by atoms with E-state index in [2.05, 4.69) is 124 Å². The molecule has 0 aliphatic rings. The van der Waals surface area contributed by atoms with E-state index in [1.54, 1.807) is 6.08 Å². The Labute approximate surface area is 437 Å². The molecule has 0 bridgehead atoms. The molecule has 0 aliphatic heterocycles. The van der Waals surface area contributed by atoms with Crippen LogP contribution in [-0.2, 0) is 42.2 Å². The monoisotopic (exact) mass is 1020 g/mol. The van der Waals surface area contributed by atoms with Crippen molar-refractivity contribution in [2.45, 2.75) is 213 Å². The first-order valence-corrected chi connectivity index (χ1v) is 28.9. The molecule has 2 N–H and O–H groups in total. The molecule has 12 heteroatoms. The molecular weight excluding hydrogens is 928 g/mol. The van der Waals surface area contributed by atoms with Crippen molar-refractivity contribution in [3.05, 3.63) is 122 Å². The minimum atomic E-state index is -4.78. The smallest absolute Gasteiger partial charge is 0.461 e. The highest BCUT2D eigenvalue weighted by Crippen LogP contribution is 2.43. The molecule has 0 radical (unpaired) electrons. The third-order valence-corrected chi connectivity index (χ3v) is 11.8. The first-order valence-electron chi connectivity index (χ1n) is 27.4. The number of hydrogen-bond donors (Lipinski definition) is 2. The molecule has 408 valence electrons. The van der Waals surface area contributed by atoms with E-state index in [9.17, 15) is 28.9 Å². The van der Waals surface area contributed by atoms with Gasteiger partial charge in [0.05, 0.1) is 26.2 Å². The Balaban J connectivity index is 4.90. The van der Waals surface area contributed by atoms with Crippen LogP contribution in [0.1, 0.15) is 201 Å². The molecule has 0 spiro atoms. The van der Waals surface area contributed by atoms with Gasteiger partial charge >= 0.3 is 25.7 Å². The van der Waals surface area contributed by atoms with Crippen LogP contribution in [0.15, 0.2) is 122 Å². The standard InChI is InChI=1S/C60H97O11P/c1-4-7-10-13-16-19-22-25-27-28-30-33-36-39-42-45-48-51-60(64)71-57(53-67-58(62)49-46-43-40-37-34-32-29-26-23-20-17-14-11-8-5-2)55-69-72(65,66)68-54-56(52-61)70-59(63)50-47-44-41-38-35-31-24-21-18-15-12-9-6-3/h8-9,11-12,16-21,25-27,29,31,34-35,37,43,46,56-57,61H,4-7,10,13-15,22-24,28,30,32-33,36,38-42,44-45,47-55H2,1-3H3,(H,65,66)/b11-8-,12-9-,19-16-,20-17-,21-18-,27-25-,29-26-,35-31-,37-34-,46-43-. The minimum absolute atomic E-state index is 0.0153. The molecule has 0 aromatic rings. The van der Waals surface area contributed by atoms with Crippen LogP contribution in [0.3, 0.4) is 0 Å². The lowest BCUT2D eigenvalue weighted by Gasteiger charge is -2.21. The van der Waals surface area contributed by atoms with Gasteiger partial charge in [-0.15, -0.1) is 0 Å². The average Bonchev–Trinajstić information content (AvgIpc) is 3.37. The van der Waals surface area contributed by atoms with Gasteiger partial charge < -0.3 is 24.2 Å². The number of carbonyl (C=O) groups excluding carboxylic acids is 3. The molecule has 11 nitrogen and oxygen atoms in total. The first-order chi connectivity index (χ1) is 35.2. The fourth-order valence-electron chi connectivity index (χ4n) is 6.77. The third kappa shape index (κ3) is 50.8. The maximum atomic E-state index is 12.9. The van der Waals surface area contributed by atoms with Gasteiger partial charge in [0.2, 0.25) is 0 Å². The van der Waals surface area contributed by atoms with Gasteiger partial charge in [-0.1, -0.05) is 194 Å². The number of rotatable bonds is 49. The van der Waals surface area contributed by atoms with Gasteiger partial charge in [0.25, 0.3) is 0 Å². The molecule has 0 saturated carbocycles. The topological polar surface area (TPSA) is 155 Å². The third-order valence-electron chi connectivity index (χ3n) is 10.9. The number of aliphatic hydroxyl groups excluding tert-OH is 1. The zero-order chi connectivity index (χ0) is 52.7. The molecule has 72 heavy (non-hydrogen) atoms. The van der Waals surface area contributed by atoms with Crippen molar-refractivity contribution in [3.8, 4) is 0 Å². The van der Waals surface area contributed by atoms with Gasteiger partial charge in [-0.3, -0.25) is 23.4 Å². The van der Waals surface area contributed by atoms with Crippen LogP contribution in [0.4, 0.5) is 0 Å². The van der Waals surface area contributed by atoms with Crippen molar-refractivity contribution >= 4 is 25.7 Å². The first kappa shape index (κ1) is 67.9. The Bertz CT molecular complexity index is 1670. The van der Waals surface area contributed by atoms with Gasteiger partial charge in [-0.2, -0.15) is 0 Å². The summed E-state index contributed by atoms with van der Waals surface area (Å²) >= 11 is 0. The summed E-state index contributed by atoms with van der Waals surface area (Å²) in [7, 11) is -4.78. The molecule has 3 atom stereocenters. The Morgan fingerprint density at radius 2 is 0.764 bits per heavy atom. The lowest BCUT2D eigenvalue weighted by atomic mass is 10.1. The van der Waals surface area contributed by atoms with Crippen molar-refractivity contribution in [3.63, 3.8) is 0 Å². The van der Waals surface area contributed by atoms with Crippen molar-refractivity contribution in [1.29, 1.82) is 0 Å². The molecule has 0 saturated heterocycles. The van der Waals surface area contributed by atoms with Crippen LogP contribution in [0.2, 0.25) is 0 Å². The second kappa shape index (κ2) is 53.2. The van der Waals surface area contributed by atoms with E-state index in [0.717, 1.165) is 109 Å².